The zero-order chi connectivity index (χ0) is 39.6. The molecule has 10 nitrogen and oxygen atoms in total. The number of aromatic nitrogens is 2. The second-order valence-electron chi connectivity index (χ2n) is 14.2. The lowest BCUT2D eigenvalue weighted by Gasteiger charge is -2.33. The fourth-order valence-corrected chi connectivity index (χ4v) is 7.93. The number of hydrogen-bond donors (Lipinski definition) is 0. The van der Waals surface area contributed by atoms with Crippen LogP contribution in [0.1, 0.15) is 100 Å². The number of nitrogens with zero attached hydrogens (tertiary/aromatic N) is 5. The van der Waals surface area contributed by atoms with E-state index < -0.39 is 0 Å². The lowest BCUT2D eigenvalue weighted by Crippen LogP contribution is -2.45. The van der Waals surface area contributed by atoms with Gasteiger partial charge in [0.05, 0.1) is 25.4 Å². The number of ether oxygens (including phenoxy) is 2. The summed E-state index contributed by atoms with van der Waals surface area (Å²) in [6, 6.07) is 5.88. The first-order valence-corrected chi connectivity index (χ1v) is 20.3. The summed E-state index contributed by atoms with van der Waals surface area (Å²) >= 11 is 1.40. The summed E-state index contributed by atoms with van der Waals surface area (Å²) < 4.78 is 13.0. The van der Waals surface area contributed by atoms with E-state index in [0.717, 1.165) is 83.7 Å². The van der Waals surface area contributed by atoms with Crippen LogP contribution in [0.2, 0.25) is 0 Å². The number of piperazine rings is 1. The number of amides is 1. The minimum atomic E-state index is -0.141. The van der Waals surface area contributed by atoms with Gasteiger partial charge in [-0.25, -0.2) is 4.98 Å². The van der Waals surface area contributed by atoms with Crippen molar-refractivity contribution >= 4 is 29.6 Å². The van der Waals surface area contributed by atoms with Gasteiger partial charge in [0.25, 0.3) is 5.56 Å². The number of carbonyl (C=O) groups excluding carboxylic acids is 2. The van der Waals surface area contributed by atoms with Crippen LogP contribution in [0.15, 0.2) is 40.3 Å². The van der Waals surface area contributed by atoms with Crippen molar-refractivity contribution in [2.75, 3.05) is 40.4 Å². The number of benzene rings is 1. The molecule has 1 amide bonds. The second-order valence-corrected chi connectivity index (χ2v) is 15.1. The highest BCUT2D eigenvalue weighted by Gasteiger charge is 2.22. The minimum Gasteiger partial charge on any atom is -0.496 e. The number of pyridine rings is 1. The Kier molecular flexibility index (Phi) is 18.7. The molecule has 1 aliphatic carbocycles. The number of methoxy groups -OCH3 is 2. The normalized spacial score (nSPS) is 15.5. The first kappa shape index (κ1) is 44.1. The molecule has 5 rings (SSSR count). The van der Waals surface area contributed by atoms with Crippen molar-refractivity contribution in [3.8, 4) is 28.7 Å². The van der Waals surface area contributed by atoms with E-state index >= 15 is 0 Å². The Morgan fingerprint density at radius 2 is 1.69 bits per heavy atom. The van der Waals surface area contributed by atoms with Gasteiger partial charge in [-0.05, 0) is 55.0 Å². The maximum atomic E-state index is 12.2. The third kappa shape index (κ3) is 12.4. The van der Waals surface area contributed by atoms with Crippen LogP contribution in [-0.2, 0) is 23.2 Å². The summed E-state index contributed by atoms with van der Waals surface area (Å²) in [5.74, 6) is 3.50. The van der Waals surface area contributed by atoms with Crippen molar-refractivity contribution in [3.05, 3.63) is 67.5 Å². The number of aryl methyl sites for hydroxylation is 1. The molecule has 2 aliphatic rings. The van der Waals surface area contributed by atoms with Crippen molar-refractivity contribution in [2.24, 2.45) is 18.9 Å². The molecule has 1 aliphatic heterocycles. The number of allylic oxidation sites excluding steroid dienone is 1. The fourth-order valence-electron chi connectivity index (χ4n) is 7.36. The molecule has 0 radical (unpaired) electrons. The number of nitriles is 1. The number of thiazole rings is 1. The van der Waals surface area contributed by atoms with Crippen molar-refractivity contribution in [1.82, 2.24) is 19.4 Å². The molecule has 3 heterocycles. The van der Waals surface area contributed by atoms with E-state index in [1.165, 1.54) is 68.8 Å². The molecule has 294 valence electrons. The van der Waals surface area contributed by atoms with Gasteiger partial charge in [0, 0.05) is 75.1 Å². The molecule has 1 saturated carbocycles. The lowest BCUT2D eigenvalue weighted by atomic mass is 9.77. The molecule has 54 heavy (non-hydrogen) atoms. The standard InChI is InChI=1S/C22H29N3O4.C12H24.C9H8N2OS/c1-15-16(2)22(27)23(3)12-18(15)17-10-20(28-4)19(21(11-17)29-5)13-24-6-8-25(14-26)9-7-24;1-3-8-11(4-2)12-9-6-5-7-10-12;1-2-8(12)7(6-10)5-9-11-3-4-13-9/h10-12,14H,6-9,13H2,1-5H3;11-12H,3-10H2,1-2H3;3-5H,2H2,1H3/b;;7-5+. The number of carbonyl (C=O) groups is 2. The Morgan fingerprint density at radius 1 is 1.04 bits per heavy atom. The van der Waals surface area contributed by atoms with E-state index in [4.69, 9.17) is 14.7 Å². The smallest absolute Gasteiger partial charge is 0.253 e. The molecule has 1 aromatic carbocycles. The Labute approximate surface area is 326 Å². The fraction of sp³-hybridized carbons (Fsp3) is 0.558. The quantitative estimate of drug-likeness (QED) is 0.0970. The Morgan fingerprint density at radius 3 is 2.19 bits per heavy atom. The van der Waals surface area contributed by atoms with Crippen LogP contribution in [0.5, 0.6) is 11.5 Å². The zero-order valence-electron chi connectivity index (χ0n) is 33.8. The lowest BCUT2D eigenvalue weighted by molar-refractivity contribution is -0.119. The van der Waals surface area contributed by atoms with Crippen molar-refractivity contribution in [2.45, 2.75) is 99.0 Å². The van der Waals surface area contributed by atoms with Gasteiger partial charge in [0.2, 0.25) is 6.41 Å². The molecule has 2 fully saturated rings. The number of Topliss-reactive ketones (excluding diaryl/α,β-unsaturated/α-hetero) is 1. The van der Waals surface area contributed by atoms with Crippen molar-refractivity contribution in [1.29, 1.82) is 5.26 Å². The highest BCUT2D eigenvalue weighted by molar-refractivity contribution is 7.10. The van der Waals surface area contributed by atoms with Gasteiger partial charge in [-0.2, -0.15) is 5.26 Å². The average molecular weight is 760 g/mol. The van der Waals surface area contributed by atoms with Crippen molar-refractivity contribution in [3.63, 3.8) is 0 Å². The van der Waals surface area contributed by atoms with E-state index in [1.54, 1.807) is 49.2 Å². The van der Waals surface area contributed by atoms with Crippen LogP contribution in [0, 0.1) is 37.0 Å². The van der Waals surface area contributed by atoms with E-state index in [-0.39, 0.29) is 16.9 Å². The summed E-state index contributed by atoms with van der Waals surface area (Å²) in [6.07, 6.45) is 18.1. The average Bonchev–Trinajstić information content (AvgIpc) is 3.73. The molecule has 2 aromatic heterocycles. The Balaban J connectivity index is 0.000000258. The maximum absolute atomic E-state index is 12.2. The van der Waals surface area contributed by atoms with Gasteiger partial charge in [0.15, 0.2) is 5.78 Å². The van der Waals surface area contributed by atoms with Crippen molar-refractivity contribution < 1.29 is 19.1 Å². The van der Waals surface area contributed by atoms with Crippen LogP contribution >= 0.6 is 11.3 Å². The van der Waals surface area contributed by atoms with Gasteiger partial charge in [0.1, 0.15) is 22.6 Å². The van der Waals surface area contributed by atoms with E-state index in [9.17, 15) is 14.4 Å². The highest BCUT2D eigenvalue weighted by Crippen LogP contribution is 2.37. The first-order chi connectivity index (χ1) is 26.0. The number of rotatable bonds is 13. The van der Waals surface area contributed by atoms with E-state index in [2.05, 4.69) is 23.7 Å². The summed E-state index contributed by atoms with van der Waals surface area (Å²) in [4.78, 5) is 42.4. The molecule has 11 heteroatoms. The molecule has 0 bridgehead atoms. The monoisotopic (exact) mass is 759 g/mol. The van der Waals surface area contributed by atoms with Gasteiger partial charge < -0.3 is 18.9 Å². The summed E-state index contributed by atoms with van der Waals surface area (Å²) in [5.41, 5.74) is 4.79. The Hall–Kier alpha value is -4.27. The molecule has 0 N–H and O–H groups in total. The third-order valence-corrected chi connectivity index (χ3v) is 11.5. The maximum Gasteiger partial charge on any atom is 0.253 e. The molecular weight excluding hydrogens is 699 g/mol. The summed E-state index contributed by atoms with van der Waals surface area (Å²) in [6.45, 7) is 14.0. The van der Waals surface area contributed by atoms with E-state index in [1.807, 2.05) is 38.2 Å². The highest BCUT2D eigenvalue weighted by atomic mass is 32.1. The predicted molar refractivity (Wildman–Crippen MR) is 219 cm³/mol. The molecule has 1 atom stereocenters. The van der Waals surface area contributed by atoms with Crippen LogP contribution in [-0.4, -0.2) is 71.9 Å². The van der Waals surface area contributed by atoms with Gasteiger partial charge >= 0.3 is 0 Å². The Bertz CT molecular complexity index is 1740. The summed E-state index contributed by atoms with van der Waals surface area (Å²) in [7, 11) is 5.08. The minimum absolute atomic E-state index is 0.0104. The summed E-state index contributed by atoms with van der Waals surface area (Å²) in [5, 5.41) is 11.2. The second kappa shape index (κ2) is 22.8. The third-order valence-electron chi connectivity index (χ3n) is 10.7. The van der Waals surface area contributed by atoms with Crippen LogP contribution in [0.4, 0.5) is 0 Å². The molecule has 3 aromatic rings. The molecule has 0 spiro atoms. The SMILES string of the molecule is CCC(=O)/C(C#N)=C/c1nccs1.CCCC(CC)C1CCCCC1.COc1cc(-c2cn(C)c(=O)c(C)c2C)cc(OC)c1CN1CCN(C=O)CC1. The predicted octanol–water partition coefficient (Wildman–Crippen LogP) is 8.38. The van der Waals surface area contributed by atoms with Crippen LogP contribution < -0.4 is 15.0 Å². The van der Waals surface area contributed by atoms with Gasteiger partial charge in [-0.3, -0.25) is 19.3 Å². The largest absolute Gasteiger partial charge is 0.496 e. The van der Waals surface area contributed by atoms with Gasteiger partial charge in [-0.15, -0.1) is 11.3 Å². The topological polar surface area (TPSA) is 118 Å². The molecule has 1 saturated heterocycles. The molecule has 1 unspecified atom stereocenters. The number of hydrogen-bond acceptors (Lipinski definition) is 9. The van der Waals surface area contributed by atoms with Crippen LogP contribution in [0.25, 0.3) is 17.2 Å². The van der Waals surface area contributed by atoms with E-state index in [0.29, 0.717) is 18.0 Å². The first-order valence-electron chi connectivity index (χ1n) is 19.4. The van der Waals surface area contributed by atoms with Gasteiger partial charge in [-0.1, -0.05) is 72.1 Å². The number of ketones is 1. The van der Waals surface area contributed by atoms with Crippen LogP contribution in [0.3, 0.4) is 0 Å². The zero-order valence-corrected chi connectivity index (χ0v) is 34.6. The molecular formula is C43H61N5O5S.